The summed E-state index contributed by atoms with van der Waals surface area (Å²) in [5.41, 5.74) is 7.41. The Hall–Kier alpha value is -2.94. The Labute approximate surface area is 134 Å². The van der Waals surface area contributed by atoms with E-state index >= 15 is 0 Å². The van der Waals surface area contributed by atoms with Crippen molar-refractivity contribution >= 4 is 34.3 Å². The number of nitrogens with zero attached hydrogens (tertiary/aromatic N) is 4. The summed E-state index contributed by atoms with van der Waals surface area (Å²) in [6.45, 7) is 0.107. The Balaban J connectivity index is 1.87. The Kier molecular flexibility index (Phi) is 3.94. The second-order valence-electron chi connectivity index (χ2n) is 4.55. The van der Waals surface area contributed by atoms with Crippen LogP contribution in [0.3, 0.4) is 0 Å². The van der Waals surface area contributed by atoms with Gasteiger partial charge in [0.15, 0.2) is 18.4 Å². The summed E-state index contributed by atoms with van der Waals surface area (Å²) in [6.07, 6.45) is 0. The lowest BCUT2D eigenvalue weighted by Crippen LogP contribution is -2.02. The smallest absolute Gasteiger partial charge is 0.317 e. The molecule has 0 amide bonds. The topological polar surface area (TPSA) is 119 Å². The molecular weight excluding hydrogens is 324 g/mol. The largest absolute Gasteiger partial charge is 0.486 e. The lowest BCUT2D eigenvalue weighted by molar-refractivity contribution is -0.736. The van der Waals surface area contributed by atoms with Crippen LogP contribution in [-0.2, 0) is 11.4 Å². The van der Waals surface area contributed by atoms with E-state index in [-0.39, 0.29) is 12.4 Å². The zero-order chi connectivity index (χ0) is 16.4. The van der Waals surface area contributed by atoms with Gasteiger partial charge >= 0.3 is 5.69 Å². The van der Waals surface area contributed by atoms with E-state index in [0.717, 1.165) is 0 Å². The van der Waals surface area contributed by atoms with Crippen LogP contribution in [0, 0.1) is 4.91 Å². The van der Waals surface area contributed by atoms with Crippen LogP contribution in [0.2, 0.25) is 5.02 Å². The molecular formula is C13H12ClN6O3+. The number of aromatic nitrogens is 4. The first kappa shape index (κ1) is 15.0. The lowest BCUT2D eigenvalue weighted by Gasteiger charge is -2.08. The fourth-order valence-electron chi connectivity index (χ4n) is 1.98. The van der Waals surface area contributed by atoms with Crippen LogP contribution in [0.25, 0.3) is 11.2 Å². The minimum atomic E-state index is 0.107. The molecule has 2 heterocycles. The van der Waals surface area contributed by atoms with Crippen molar-refractivity contribution < 1.29 is 14.5 Å². The van der Waals surface area contributed by atoms with Crippen molar-refractivity contribution in [2.24, 2.45) is 0 Å². The maximum absolute atomic E-state index is 11.5. The van der Waals surface area contributed by atoms with Gasteiger partial charge in [-0.05, 0) is 6.07 Å². The molecule has 2 aromatic heterocycles. The number of nitrogen functional groups attached to an aromatic ring is 1. The standard InChI is InChI=1S/C13H12ClN6O3/c1-22-20(21)8-2-3-9(14)7(4-8)6-23-10-5-11(15)16-13-12(10)17-19-18-13/h2-5H,6H2,1H3,(H3,15,16,17,18,19)/q+1. The maximum atomic E-state index is 11.5. The molecule has 9 nitrogen and oxygen atoms in total. The average molecular weight is 336 g/mol. The Morgan fingerprint density at radius 3 is 2.96 bits per heavy atom. The van der Waals surface area contributed by atoms with Crippen LogP contribution in [0.4, 0.5) is 11.5 Å². The van der Waals surface area contributed by atoms with Gasteiger partial charge in [0.1, 0.15) is 12.4 Å². The lowest BCUT2D eigenvalue weighted by atomic mass is 10.2. The van der Waals surface area contributed by atoms with Crippen LogP contribution >= 0.6 is 11.6 Å². The summed E-state index contributed by atoms with van der Waals surface area (Å²) in [7, 11) is 1.28. The van der Waals surface area contributed by atoms with Crippen molar-refractivity contribution in [1.82, 2.24) is 20.4 Å². The molecule has 0 atom stereocenters. The minimum Gasteiger partial charge on any atom is -0.486 e. The Morgan fingerprint density at radius 1 is 1.35 bits per heavy atom. The van der Waals surface area contributed by atoms with E-state index in [4.69, 9.17) is 22.1 Å². The van der Waals surface area contributed by atoms with Crippen molar-refractivity contribution in [2.45, 2.75) is 6.61 Å². The summed E-state index contributed by atoms with van der Waals surface area (Å²) in [5, 5.41) is 10.7. The van der Waals surface area contributed by atoms with E-state index in [2.05, 4.69) is 25.2 Å². The second kappa shape index (κ2) is 6.05. The molecule has 0 spiro atoms. The van der Waals surface area contributed by atoms with Gasteiger partial charge in [0.2, 0.25) is 5.65 Å². The zero-order valence-electron chi connectivity index (χ0n) is 12.0. The van der Waals surface area contributed by atoms with Gasteiger partial charge in [0.05, 0.1) is 4.91 Å². The minimum absolute atomic E-state index is 0.107. The normalized spacial score (nSPS) is 10.7. The van der Waals surface area contributed by atoms with Crippen molar-refractivity contribution in [3.63, 3.8) is 0 Å². The number of nitrogens with two attached hydrogens (primary N) is 1. The molecule has 0 aliphatic carbocycles. The molecule has 0 saturated carbocycles. The first-order valence-corrected chi connectivity index (χ1v) is 6.86. The molecule has 0 fully saturated rings. The summed E-state index contributed by atoms with van der Waals surface area (Å²) in [4.78, 5) is 20.5. The van der Waals surface area contributed by atoms with Crippen molar-refractivity contribution in [3.05, 3.63) is 39.8 Å². The molecule has 23 heavy (non-hydrogen) atoms. The highest BCUT2D eigenvalue weighted by molar-refractivity contribution is 6.31. The molecule has 3 rings (SSSR count). The highest BCUT2D eigenvalue weighted by Gasteiger charge is 2.17. The van der Waals surface area contributed by atoms with Crippen molar-refractivity contribution in [3.8, 4) is 5.75 Å². The third-order valence-corrected chi connectivity index (χ3v) is 3.43. The number of fused-ring (bicyclic) bond motifs is 1. The van der Waals surface area contributed by atoms with Crippen LogP contribution in [0.1, 0.15) is 5.56 Å². The predicted molar refractivity (Wildman–Crippen MR) is 82.2 cm³/mol. The number of hydrogen-bond donors (Lipinski definition) is 2. The molecule has 0 aliphatic rings. The van der Waals surface area contributed by atoms with E-state index < -0.39 is 0 Å². The number of ether oxygens (including phenoxy) is 1. The molecule has 0 unspecified atom stereocenters. The predicted octanol–water partition coefficient (Wildman–Crippen LogP) is 2.14. The van der Waals surface area contributed by atoms with Gasteiger partial charge in [0, 0.05) is 28.8 Å². The summed E-state index contributed by atoms with van der Waals surface area (Å²) in [5.74, 6) is 0.666. The number of nitrogens with one attached hydrogen (secondary N) is 1. The SMILES string of the molecule is CO[N+](=O)c1ccc(Cl)c(COc2cc(N)nc3n[nH]nc23)c1. The molecule has 118 valence electrons. The summed E-state index contributed by atoms with van der Waals surface area (Å²) < 4.78 is 5.71. The third-order valence-electron chi connectivity index (χ3n) is 3.07. The van der Waals surface area contributed by atoms with E-state index in [0.29, 0.717) is 38.1 Å². The van der Waals surface area contributed by atoms with Gasteiger partial charge in [-0.1, -0.05) is 11.6 Å². The molecule has 0 aliphatic heterocycles. The quantitative estimate of drug-likeness (QED) is 0.685. The highest BCUT2D eigenvalue weighted by atomic mass is 35.5. The van der Waals surface area contributed by atoms with E-state index in [1.807, 2.05) is 0 Å². The van der Waals surface area contributed by atoms with Gasteiger partial charge in [-0.3, -0.25) is 0 Å². The van der Waals surface area contributed by atoms with Crippen LogP contribution in [0.15, 0.2) is 24.3 Å². The number of pyridine rings is 1. The fraction of sp³-hybridized carbons (Fsp3) is 0.154. The molecule has 0 saturated heterocycles. The van der Waals surface area contributed by atoms with E-state index in [1.165, 1.54) is 13.2 Å². The Morgan fingerprint density at radius 2 is 2.17 bits per heavy atom. The van der Waals surface area contributed by atoms with Crippen LogP contribution in [0.5, 0.6) is 5.75 Å². The average Bonchev–Trinajstić information content (AvgIpc) is 3.01. The monoisotopic (exact) mass is 335 g/mol. The van der Waals surface area contributed by atoms with Gasteiger partial charge in [-0.2, -0.15) is 10.3 Å². The molecule has 0 bridgehead atoms. The number of aromatic amines is 1. The first-order valence-electron chi connectivity index (χ1n) is 6.48. The maximum Gasteiger partial charge on any atom is 0.317 e. The van der Waals surface area contributed by atoms with Gasteiger partial charge < -0.3 is 10.5 Å². The summed E-state index contributed by atoms with van der Waals surface area (Å²) in [6, 6.07) is 6.25. The third kappa shape index (κ3) is 2.99. The molecule has 0 radical (unpaired) electrons. The zero-order valence-corrected chi connectivity index (χ0v) is 12.7. The van der Waals surface area contributed by atoms with E-state index in [9.17, 15) is 4.91 Å². The molecule has 3 N–H and O–H groups in total. The number of halogens is 1. The molecule has 3 aromatic rings. The number of H-pyrrole nitrogens is 1. The van der Waals surface area contributed by atoms with Gasteiger partial charge in [-0.15, -0.1) is 5.10 Å². The molecule has 1 aromatic carbocycles. The first-order chi connectivity index (χ1) is 11.1. The number of hydrogen-bond acceptors (Lipinski definition) is 7. The number of rotatable bonds is 5. The fourth-order valence-corrected chi connectivity index (χ4v) is 2.15. The Bertz CT molecular complexity index is 881. The highest BCUT2D eigenvalue weighted by Crippen LogP contribution is 2.27. The number of anilines is 1. The summed E-state index contributed by atoms with van der Waals surface area (Å²) >= 11 is 6.13. The van der Waals surface area contributed by atoms with E-state index in [1.54, 1.807) is 18.2 Å². The van der Waals surface area contributed by atoms with Crippen LogP contribution < -0.4 is 10.5 Å². The second-order valence-corrected chi connectivity index (χ2v) is 4.95. The van der Waals surface area contributed by atoms with Crippen molar-refractivity contribution in [1.29, 1.82) is 0 Å². The number of benzene rings is 1. The van der Waals surface area contributed by atoms with Crippen molar-refractivity contribution in [2.75, 3.05) is 12.8 Å². The molecule has 10 heteroatoms. The van der Waals surface area contributed by atoms with Crippen LogP contribution in [-0.4, -0.2) is 32.4 Å². The van der Waals surface area contributed by atoms with Gasteiger partial charge in [-0.25, -0.2) is 9.82 Å². The van der Waals surface area contributed by atoms with Gasteiger partial charge in [0.25, 0.3) is 4.92 Å².